The van der Waals surface area contributed by atoms with Crippen molar-refractivity contribution in [3.63, 3.8) is 0 Å². The van der Waals surface area contributed by atoms with Crippen LogP contribution in [0.4, 0.5) is 0 Å². The topological polar surface area (TPSA) is 75.4 Å². The summed E-state index contributed by atoms with van der Waals surface area (Å²) in [4.78, 5) is 12.2. The third kappa shape index (κ3) is 3.20. The van der Waals surface area contributed by atoms with E-state index in [9.17, 15) is 9.90 Å². The van der Waals surface area contributed by atoms with Gasteiger partial charge >= 0.3 is 0 Å². The highest BCUT2D eigenvalue weighted by Gasteiger charge is 2.34. The quantitative estimate of drug-likeness (QED) is 0.869. The summed E-state index contributed by atoms with van der Waals surface area (Å²) in [5.74, 6) is 0.649. The second kappa shape index (κ2) is 5.95. The monoisotopic (exact) mass is 280 g/mol. The van der Waals surface area contributed by atoms with E-state index in [2.05, 4.69) is 10.5 Å². The molecule has 1 fully saturated rings. The number of carbonyl (C=O) groups excluding carboxylic acids is 1. The molecule has 1 aromatic rings. The molecular formula is C15H24N2O3. The number of hydrogen-bond acceptors (Lipinski definition) is 4. The number of nitrogens with one attached hydrogen (secondary N) is 1. The summed E-state index contributed by atoms with van der Waals surface area (Å²) in [6.45, 7) is 5.75. The van der Waals surface area contributed by atoms with Gasteiger partial charge in [-0.3, -0.25) is 4.79 Å². The Morgan fingerprint density at radius 2 is 2.10 bits per heavy atom. The van der Waals surface area contributed by atoms with E-state index in [1.54, 1.807) is 0 Å². The average Bonchev–Trinajstić information content (AvgIpc) is 2.94. The molecule has 0 aliphatic heterocycles. The van der Waals surface area contributed by atoms with Crippen molar-refractivity contribution in [1.29, 1.82) is 0 Å². The molecule has 1 aromatic heterocycles. The number of aromatic nitrogens is 1. The Bertz CT molecular complexity index is 456. The standard InChI is InChI=1S/C15H24N2O3/c1-4-12(14-10(2)17-20-11(14)3)16-13(18)9-15(19)7-5-6-8-15/h12,19H,4-9H2,1-3H3,(H,16,18). The Hall–Kier alpha value is -1.36. The Morgan fingerprint density at radius 1 is 1.45 bits per heavy atom. The Balaban J connectivity index is 2.01. The Morgan fingerprint density at radius 3 is 2.60 bits per heavy atom. The molecule has 0 aromatic carbocycles. The second-order valence-electron chi connectivity index (χ2n) is 5.87. The molecule has 5 heteroatoms. The first-order chi connectivity index (χ1) is 9.45. The normalized spacial score (nSPS) is 19.0. The lowest BCUT2D eigenvalue weighted by Gasteiger charge is -2.23. The summed E-state index contributed by atoms with van der Waals surface area (Å²) >= 11 is 0. The predicted octanol–water partition coefficient (Wildman–Crippen LogP) is 2.55. The summed E-state index contributed by atoms with van der Waals surface area (Å²) in [6, 6.07) is -0.0984. The van der Waals surface area contributed by atoms with Crippen LogP contribution in [0.2, 0.25) is 0 Å². The van der Waals surface area contributed by atoms with E-state index in [4.69, 9.17) is 4.52 Å². The SMILES string of the molecule is CCC(NC(=O)CC1(O)CCCC1)c1c(C)noc1C. The number of nitrogens with zero attached hydrogens (tertiary/aromatic N) is 1. The van der Waals surface area contributed by atoms with Gasteiger partial charge in [-0.2, -0.15) is 0 Å². The zero-order chi connectivity index (χ0) is 14.8. The number of rotatable bonds is 5. The molecule has 1 heterocycles. The van der Waals surface area contributed by atoms with Crippen LogP contribution in [0.15, 0.2) is 4.52 Å². The summed E-state index contributed by atoms with van der Waals surface area (Å²) in [5, 5.41) is 17.2. The fourth-order valence-electron chi connectivity index (χ4n) is 3.12. The lowest BCUT2D eigenvalue weighted by molar-refractivity contribution is -0.126. The van der Waals surface area contributed by atoms with Gasteiger partial charge in [0.1, 0.15) is 5.76 Å². The van der Waals surface area contributed by atoms with Crippen LogP contribution in [0.25, 0.3) is 0 Å². The van der Waals surface area contributed by atoms with Crippen LogP contribution in [0.5, 0.6) is 0 Å². The fourth-order valence-corrected chi connectivity index (χ4v) is 3.12. The third-order valence-electron chi connectivity index (χ3n) is 4.20. The number of hydrogen-bond donors (Lipinski definition) is 2. The largest absolute Gasteiger partial charge is 0.389 e. The maximum absolute atomic E-state index is 12.2. The molecule has 112 valence electrons. The molecular weight excluding hydrogens is 256 g/mol. The van der Waals surface area contributed by atoms with Crippen LogP contribution in [0, 0.1) is 13.8 Å². The van der Waals surface area contributed by atoms with Crippen molar-refractivity contribution in [2.75, 3.05) is 0 Å². The maximum Gasteiger partial charge on any atom is 0.223 e. The van der Waals surface area contributed by atoms with Crippen molar-refractivity contribution >= 4 is 5.91 Å². The lowest BCUT2D eigenvalue weighted by atomic mass is 9.96. The van der Waals surface area contributed by atoms with Gasteiger partial charge in [-0.05, 0) is 33.1 Å². The van der Waals surface area contributed by atoms with Crippen molar-refractivity contribution in [1.82, 2.24) is 10.5 Å². The van der Waals surface area contributed by atoms with Crippen LogP contribution in [-0.2, 0) is 4.79 Å². The smallest absolute Gasteiger partial charge is 0.223 e. The molecule has 1 saturated carbocycles. The predicted molar refractivity (Wildman–Crippen MR) is 75.2 cm³/mol. The zero-order valence-corrected chi connectivity index (χ0v) is 12.5. The van der Waals surface area contributed by atoms with Gasteiger partial charge in [0.2, 0.25) is 5.91 Å². The van der Waals surface area contributed by atoms with Crippen molar-refractivity contribution in [3.05, 3.63) is 17.0 Å². The van der Waals surface area contributed by atoms with Crippen LogP contribution in [0.1, 0.15) is 68.5 Å². The van der Waals surface area contributed by atoms with Crippen molar-refractivity contribution in [2.45, 2.75) is 70.9 Å². The van der Waals surface area contributed by atoms with Gasteiger partial charge in [-0.1, -0.05) is 24.9 Å². The first-order valence-electron chi connectivity index (χ1n) is 7.39. The highest BCUT2D eigenvalue weighted by atomic mass is 16.5. The van der Waals surface area contributed by atoms with Crippen LogP contribution in [0.3, 0.4) is 0 Å². The van der Waals surface area contributed by atoms with Gasteiger partial charge in [0, 0.05) is 5.56 Å². The van der Waals surface area contributed by atoms with Gasteiger partial charge in [0.15, 0.2) is 0 Å². The summed E-state index contributed by atoms with van der Waals surface area (Å²) in [6.07, 6.45) is 4.42. The van der Waals surface area contributed by atoms with Gasteiger partial charge in [-0.15, -0.1) is 0 Å². The van der Waals surface area contributed by atoms with Gasteiger partial charge in [0.05, 0.1) is 23.8 Å². The van der Waals surface area contributed by atoms with Crippen molar-refractivity contribution in [2.24, 2.45) is 0 Å². The molecule has 1 atom stereocenters. The first-order valence-corrected chi connectivity index (χ1v) is 7.39. The molecule has 0 spiro atoms. The summed E-state index contributed by atoms with van der Waals surface area (Å²) in [5.41, 5.74) is 0.967. The van der Waals surface area contributed by atoms with Gasteiger partial charge < -0.3 is 14.9 Å². The summed E-state index contributed by atoms with van der Waals surface area (Å²) in [7, 11) is 0. The van der Waals surface area contributed by atoms with Crippen LogP contribution < -0.4 is 5.32 Å². The molecule has 1 aliphatic carbocycles. The molecule has 2 rings (SSSR count). The molecule has 1 unspecified atom stereocenters. The van der Waals surface area contributed by atoms with E-state index in [1.807, 2.05) is 20.8 Å². The lowest BCUT2D eigenvalue weighted by Crippen LogP contribution is -2.36. The van der Waals surface area contributed by atoms with Crippen molar-refractivity contribution in [3.8, 4) is 0 Å². The zero-order valence-electron chi connectivity index (χ0n) is 12.5. The second-order valence-corrected chi connectivity index (χ2v) is 5.87. The number of amides is 1. The molecule has 20 heavy (non-hydrogen) atoms. The number of aliphatic hydroxyl groups is 1. The third-order valence-corrected chi connectivity index (χ3v) is 4.20. The van der Waals surface area contributed by atoms with E-state index < -0.39 is 5.60 Å². The van der Waals surface area contributed by atoms with E-state index in [0.29, 0.717) is 0 Å². The molecule has 1 amide bonds. The molecule has 1 aliphatic rings. The van der Waals surface area contributed by atoms with Gasteiger partial charge in [0.25, 0.3) is 0 Å². The molecule has 0 saturated heterocycles. The van der Waals surface area contributed by atoms with Crippen LogP contribution in [-0.4, -0.2) is 21.8 Å². The van der Waals surface area contributed by atoms with Crippen molar-refractivity contribution < 1.29 is 14.4 Å². The minimum absolute atomic E-state index is 0.0961. The highest BCUT2D eigenvalue weighted by molar-refractivity contribution is 5.77. The Labute approximate surface area is 119 Å². The summed E-state index contributed by atoms with van der Waals surface area (Å²) < 4.78 is 5.16. The van der Waals surface area contributed by atoms with E-state index >= 15 is 0 Å². The number of carbonyl (C=O) groups is 1. The van der Waals surface area contributed by atoms with Gasteiger partial charge in [-0.25, -0.2) is 0 Å². The minimum atomic E-state index is -0.804. The minimum Gasteiger partial charge on any atom is -0.389 e. The molecule has 0 bridgehead atoms. The molecule has 5 nitrogen and oxygen atoms in total. The molecule has 0 radical (unpaired) electrons. The number of aryl methyl sites for hydroxylation is 2. The van der Waals surface area contributed by atoms with E-state index in [0.717, 1.165) is 49.1 Å². The van der Waals surface area contributed by atoms with Crippen LogP contribution >= 0.6 is 0 Å². The average molecular weight is 280 g/mol. The maximum atomic E-state index is 12.2. The van der Waals surface area contributed by atoms with E-state index in [-0.39, 0.29) is 18.4 Å². The van der Waals surface area contributed by atoms with E-state index in [1.165, 1.54) is 0 Å². The first kappa shape index (κ1) is 15.0. The highest BCUT2D eigenvalue weighted by Crippen LogP contribution is 2.32. The Kier molecular flexibility index (Phi) is 4.48. The molecule has 2 N–H and O–H groups in total. The fraction of sp³-hybridized carbons (Fsp3) is 0.733.